The zero-order valence-corrected chi connectivity index (χ0v) is 16.2. The van der Waals surface area contributed by atoms with Crippen molar-refractivity contribution in [3.63, 3.8) is 0 Å². The zero-order chi connectivity index (χ0) is 18.6. The number of aromatic nitrogens is 1. The van der Waals surface area contributed by atoms with Gasteiger partial charge in [0.05, 0.1) is 9.40 Å². The van der Waals surface area contributed by atoms with Crippen LogP contribution in [0, 0.1) is 10.1 Å². The molecule has 1 unspecified atom stereocenters. The van der Waals surface area contributed by atoms with Crippen LogP contribution in [0.25, 0.3) is 0 Å². The third kappa shape index (κ3) is 5.55. The van der Waals surface area contributed by atoms with Gasteiger partial charge < -0.3 is 15.0 Å². The summed E-state index contributed by atoms with van der Waals surface area (Å²) in [7, 11) is 0. The van der Waals surface area contributed by atoms with Gasteiger partial charge in [0.1, 0.15) is 17.6 Å². The van der Waals surface area contributed by atoms with Gasteiger partial charge in [-0.05, 0) is 56.0 Å². The topological polar surface area (TPSA) is 97.6 Å². The Bertz CT molecular complexity index is 648. The number of alkyl carbamates (subject to hydrolysis) is 1. The van der Waals surface area contributed by atoms with Gasteiger partial charge in [-0.15, -0.1) is 0 Å². The van der Waals surface area contributed by atoms with E-state index in [1.807, 2.05) is 20.8 Å². The largest absolute Gasteiger partial charge is 0.444 e. The second-order valence-electron chi connectivity index (χ2n) is 6.98. The molecule has 2 rings (SSSR count). The summed E-state index contributed by atoms with van der Waals surface area (Å²) >= 11 is 3.38. The summed E-state index contributed by atoms with van der Waals surface area (Å²) in [6, 6.07) is 1.52. The number of carbonyl (C=O) groups is 1. The van der Waals surface area contributed by atoms with Crippen LogP contribution in [-0.2, 0) is 4.74 Å². The number of amides is 1. The Hall–Kier alpha value is -1.90. The van der Waals surface area contributed by atoms with E-state index in [0.717, 1.165) is 25.8 Å². The Kier molecular flexibility index (Phi) is 6.21. The molecule has 0 bridgehead atoms. The smallest absolute Gasteiger partial charge is 0.407 e. The number of nitrogens with zero attached hydrogens (tertiary/aromatic N) is 3. The van der Waals surface area contributed by atoms with Gasteiger partial charge >= 0.3 is 6.09 Å². The van der Waals surface area contributed by atoms with Gasteiger partial charge in [0.15, 0.2) is 0 Å². The van der Waals surface area contributed by atoms with E-state index in [-0.39, 0.29) is 11.7 Å². The molecule has 1 atom stereocenters. The number of rotatable bonds is 4. The zero-order valence-electron chi connectivity index (χ0n) is 14.6. The van der Waals surface area contributed by atoms with E-state index in [2.05, 4.69) is 31.1 Å². The van der Waals surface area contributed by atoms with Crippen molar-refractivity contribution in [3.8, 4) is 0 Å². The minimum absolute atomic E-state index is 0.0592. The maximum atomic E-state index is 11.9. The number of anilines is 1. The van der Waals surface area contributed by atoms with Gasteiger partial charge in [0, 0.05) is 25.2 Å². The SMILES string of the molecule is CC(C)(C)OC(=O)NCC1CCCCN1c1ncc([N+](=O)[O-])cc1Br. The highest BCUT2D eigenvalue weighted by Crippen LogP contribution is 2.31. The van der Waals surface area contributed by atoms with E-state index in [4.69, 9.17) is 4.74 Å². The Morgan fingerprint density at radius 3 is 2.84 bits per heavy atom. The molecule has 8 nitrogen and oxygen atoms in total. The standard InChI is InChI=1S/C16H23BrN4O4/c1-16(2,3)25-15(22)19-9-11-6-4-5-7-20(11)14-13(17)8-12(10-18-14)21(23)24/h8,10-11H,4-7,9H2,1-3H3,(H,19,22). The maximum Gasteiger partial charge on any atom is 0.407 e. The molecule has 1 amide bonds. The van der Waals surface area contributed by atoms with E-state index >= 15 is 0 Å². The van der Waals surface area contributed by atoms with Gasteiger partial charge in [-0.25, -0.2) is 9.78 Å². The molecule has 2 heterocycles. The predicted octanol–water partition coefficient (Wildman–Crippen LogP) is 3.64. The molecule has 1 N–H and O–H groups in total. The summed E-state index contributed by atoms with van der Waals surface area (Å²) < 4.78 is 5.84. The molecule has 1 aliphatic rings. The van der Waals surface area contributed by atoms with Crippen LogP contribution in [0.4, 0.5) is 16.3 Å². The molecule has 1 aromatic heterocycles. The van der Waals surface area contributed by atoms with Crippen LogP contribution in [0.15, 0.2) is 16.7 Å². The number of nitrogens with one attached hydrogen (secondary N) is 1. The number of ether oxygens (including phenoxy) is 1. The van der Waals surface area contributed by atoms with Gasteiger partial charge in [-0.1, -0.05) is 0 Å². The molecule has 25 heavy (non-hydrogen) atoms. The average molecular weight is 415 g/mol. The lowest BCUT2D eigenvalue weighted by atomic mass is 10.0. The van der Waals surface area contributed by atoms with Crippen molar-refractivity contribution in [1.82, 2.24) is 10.3 Å². The fraction of sp³-hybridized carbons (Fsp3) is 0.625. The van der Waals surface area contributed by atoms with Crippen LogP contribution in [-0.4, -0.2) is 40.7 Å². The highest BCUT2D eigenvalue weighted by molar-refractivity contribution is 9.10. The lowest BCUT2D eigenvalue weighted by Gasteiger charge is -2.37. The lowest BCUT2D eigenvalue weighted by molar-refractivity contribution is -0.385. The fourth-order valence-corrected chi connectivity index (χ4v) is 3.30. The Labute approximate surface area is 155 Å². The number of hydrogen-bond acceptors (Lipinski definition) is 6. The number of carbonyl (C=O) groups excluding carboxylic acids is 1. The molecule has 1 saturated heterocycles. The fourth-order valence-electron chi connectivity index (χ4n) is 2.74. The normalized spacial score (nSPS) is 17.9. The monoisotopic (exact) mass is 414 g/mol. The van der Waals surface area contributed by atoms with Gasteiger partial charge in [-0.3, -0.25) is 10.1 Å². The van der Waals surface area contributed by atoms with E-state index in [1.54, 1.807) is 0 Å². The summed E-state index contributed by atoms with van der Waals surface area (Å²) in [5.74, 6) is 0.654. The number of nitro groups is 1. The molecule has 0 radical (unpaired) electrons. The highest BCUT2D eigenvalue weighted by atomic mass is 79.9. The average Bonchev–Trinajstić information content (AvgIpc) is 2.51. The first kappa shape index (κ1) is 19.4. The van der Waals surface area contributed by atoms with Crippen molar-refractivity contribution in [2.45, 2.75) is 51.7 Å². The Balaban J connectivity index is 2.08. The molecule has 9 heteroatoms. The van der Waals surface area contributed by atoms with Crippen molar-refractivity contribution in [1.29, 1.82) is 0 Å². The lowest BCUT2D eigenvalue weighted by Crippen LogP contribution is -2.48. The number of piperidine rings is 1. The van der Waals surface area contributed by atoms with Crippen molar-refractivity contribution in [2.24, 2.45) is 0 Å². The van der Waals surface area contributed by atoms with Crippen LogP contribution >= 0.6 is 15.9 Å². The molecule has 0 aliphatic carbocycles. The molecule has 0 aromatic carbocycles. The van der Waals surface area contributed by atoms with Gasteiger partial charge in [-0.2, -0.15) is 0 Å². The van der Waals surface area contributed by atoms with Crippen molar-refractivity contribution >= 4 is 33.5 Å². The maximum absolute atomic E-state index is 11.9. The minimum Gasteiger partial charge on any atom is -0.444 e. The van der Waals surface area contributed by atoms with Crippen molar-refractivity contribution < 1.29 is 14.5 Å². The summed E-state index contributed by atoms with van der Waals surface area (Å²) in [4.78, 5) is 28.6. The summed E-state index contributed by atoms with van der Waals surface area (Å²) in [6.45, 7) is 6.66. The molecule has 0 spiro atoms. The quantitative estimate of drug-likeness (QED) is 0.596. The van der Waals surface area contributed by atoms with E-state index < -0.39 is 16.6 Å². The molecular formula is C16H23BrN4O4. The summed E-state index contributed by atoms with van der Waals surface area (Å²) in [5, 5.41) is 13.7. The van der Waals surface area contributed by atoms with Crippen LogP contribution in [0.1, 0.15) is 40.0 Å². The number of pyridine rings is 1. The number of halogens is 1. The van der Waals surface area contributed by atoms with E-state index in [9.17, 15) is 14.9 Å². The Morgan fingerprint density at radius 1 is 1.52 bits per heavy atom. The van der Waals surface area contributed by atoms with E-state index in [0.29, 0.717) is 16.8 Å². The molecule has 138 valence electrons. The minimum atomic E-state index is -0.542. The number of hydrogen-bond donors (Lipinski definition) is 1. The highest BCUT2D eigenvalue weighted by Gasteiger charge is 2.27. The van der Waals surface area contributed by atoms with Crippen LogP contribution in [0.5, 0.6) is 0 Å². The molecular weight excluding hydrogens is 392 g/mol. The van der Waals surface area contributed by atoms with Crippen molar-refractivity contribution in [2.75, 3.05) is 18.0 Å². The summed E-state index contributed by atoms with van der Waals surface area (Å²) in [5.41, 5.74) is -0.602. The molecule has 1 aromatic rings. The third-order valence-corrected chi connectivity index (χ3v) is 4.38. The molecule has 0 saturated carbocycles. The summed E-state index contributed by atoms with van der Waals surface area (Å²) in [6.07, 6.45) is 3.78. The molecule has 1 aliphatic heterocycles. The van der Waals surface area contributed by atoms with Crippen LogP contribution in [0.2, 0.25) is 0 Å². The van der Waals surface area contributed by atoms with Crippen LogP contribution in [0.3, 0.4) is 0 Å². The Morgan fingerprint density at radius 2 is 2.24 bits per heavy atom. The second kappa shape index (κ2) is 7.99. The van der Waals surface area contributed by atoms with Gasteiger partial charge in [0.2, 0.25) is 0 Å². The van der Waals surface area contributed by atoms with Crippen LogP contribution < -0.4 is 10.2 Å². The first-order chi connectivity index (χ1) is 11.7. The van der Waals surface area contributed by atoms with E-state index in [1.165, 1.54) is 12.3 Å². The third-order valence-electron chi connectivity index (χ3n) is 3.80. The second-order valence-corrected chi connectivity index (χ2v) is 7.84. The first-order valence-electron chi connectivity index (χ1n) is 8.21. The first-order valence-corrected chi connectivity index (χ1v) is 9.00. The predicted molar refractivity (Wildman–Crippen MR) is 97.8 cm³/mol. The van der Waals surface area contributed by atoms with Crippen molar-refractivity contribution in [3.05, 3.63) is 26.9 Å². The molecule has 1 fully saturated rings. The van der Waals surface area contributed by atoms with Gasteiger partial charge in [0.25, 0.3) is 5.69 Å².